The molecular formula is C16H18N2O2S. The van der Waals surface area contributed by atoms with Crippen LogP contribution < -0.4 is 15.4 Å². The normalized spacial score (nSPS) is 14.6. The molecule has 2 aromatic rings. The lowest BCUT2D eigenvalue weighted by atomic mass is 10.1. The Hall–Kier alpha value is -1.85. The van der Waals surface area contributed by atoms with Gasteiger partial charge in [0.25, 0.3) is 0 Å². The Bertz CT molecular complexity index is 625. The molecule has 1 aromatic heterocycles. The first-order chi connectivity index (χ1) is 10.3. The SMILES string of the molecule is CNCC[C@H](Oc1cccc2c1CC(=O)N2)c1cccs1. The highest BCUT2D eigenvalue weighted by atomic mass is 32.1. The van der Waals surface area contributed by atoms with Gasteiger partial charge < -0.3 is 15.4 Å². The standard InChI is InChI=1S/C16H18N2O2S/c1-17-8-7-14(15-6-3-9-21-15)20-13-5-2-4-12-11(13)10-16(19)18-12/h2-6,9,14,17H,7-8,10H2,1H3,(H,18,19)/t14-/m0/s1. The fraction of sp³-hybridized carbons (Fsp3) is 0.312. The Morgan fingerprint density at radius 3 is 3.05 bits per heavy atom. The molecular weight excluding hydrogens is 284 g/mol. The number of thiophene rings is 1. The van der Waals surface area contributed by atoms with Crippen molar-refractivity contribution in [3.8, 4) is 5.75 Å². The van der Waals surface area contributed by atoms with Crippen molar-refractivity contribution in [2.24, 2.45) is 0 Å². The van der Waals surface area contributed by atoms with E-state index in [2.05, 4.69) is 22.1 Å². The maximum Gasteiger partial charge on any atom is 0.229 e. The van der Waals surface area contributed by atoms with Gasteiger partial charge in [0.15, 0.2) is 0 Å². The summed E-state index contributed by atoms with van der Waals surface area (Å²) in [6.07, 6.45) is 1.30. The van der Waals surface area contributed by atoms with Gasteiger partial charge in [0, 0.05) is 22.5 Å². The molecule has 1 atom stereocenters. The number of benzene rings is 1. The fourth-order valence-corrected chi connectivity index (χ4v) is 3.28. The summed E-state index contributed by atoms with van der Waals surface area (Å²) in [6, 6.07) is 9.91. The summed E-state index contributed by atoms with van der Waals surface area (Å²) in [5.74, 6) is 0.837. The average Bonchev–Trinajstić information content (AvgIpc) is 3.11. The van der Waals surface area contributed by atoms with Crippen molar-refractivity contribution in [2.75, 3.05) is 18.9 Å². The highest BCUT2D eigenvalue weighted by Gasteiger charge is 2.23. The summed E-state index contributed by atoms with van der Waals surface area (Å²) in [5.41, 5.74) is 1.84. The molecule has 1 aliphatic heterocycles. The smallest absolute Gasteiger partial charge is 0.229 e. The van der Waals surface area contributed by atoms with Crippen LogP contribution in [0.3, 0.4) is 0 Å². The Morgan fingerprint density at radius 1 is 1.38 bits per heavy atom. The zero-order valence-electron chi connectivity index (χ0n) is 11.9. The minimum atomic E-state index is 0.0136. The van der Waals surface area contributed by atoms with Crippen molar-refractivity contribution in [2.45, 2.75) is 18.9 Å². The third-order valence-corrected chi connectivity index (χ3v) is 4.50. The van der Waals surface area contributed by atoms with Crippen LogP contribution in [0.15, 0.2) is 35.7 Å². The molecule has 1 amide bonds. The molecule has 0 radical (unpaired) electrons. The monoisotopic (exact) mass is 302 g/mol. The van der Waals surface area contributed by atoms with Gasteiger partial charge in [-0.1, -0.05) is 12.1 Å². The van der Waals surface area contributed by atoms with Gasteiger partial charge in [-0.3, -0.25) is 4.79 Å². The van der Waals surface area contributed by atoms with E-state index < -0.39 is 0 Å². The minimum Gasteiger partial charge on any atom is -0.484 e. The maximum absolute atomic E-state index is 11.6. The number of anilines is 1. The molecule has 0 bridgehead atoms. The van der Waals surface area contributed by atoms with E-state index in [0.717, 1.165) is 30.0 Å². The van der Waals surface area contributed by atoms with Crippen LogP contribution in [0.4, 0.5) is 5.69 Å². The molecule has 0 saturated carbocycles. The molecule has 2 heterocycles. The molecule has 110 valence electrons. The van der Waals surface area contributed by atoms with Crippen LogP contribution >= 0.6 is 11.3 Å². The van der Waals surface area contributed by atoms with Gasteiger partial charge >= 0.3 is 0 Å². The molecule has 1 aromatic carbocycles. The van der Waals surface area contributed by atoms with Crippen molar-refractivity contribution in [3.05, 3.63) is 46.2 Å². The van der Waals surface area contributed by atoms with E-state index in [0.29, 0.717) is 6.42 Å². The van der Waals surface area contributed by atoms with Gasteiger partial charge in [0.2, 0.25) is 5.91 Å². The van der Waals surface area contributed by atoms with E-state index in [4.69, 9.17) is 4.74 Å². The lowest BCUT2D eigenvalue weighted by molar-refractivity contribution is -0.115. The summed E-state index contributed by atoms with van der Waals surface area (Å²) in [5, 5.41) is 8.08. The van der Waals surface area contributed by atoms with Crippen molar-refractivity contribution in [1.29, 1.82) is 0 Å². The molecule has 0 unspecified atom stereocenters. The molecule has 0 saturated heterocycles. The van der Waals surface area contributed by atoms with E-state index in [9.17, 15) is 4.79 Å². The topological polar surface area (TPSA) is 50.4 Å². The first-order valence-electron chi connectivity index (χ1n) is 7.04. The second-order valence-corrected chi connectivity index (χ2v) is 6.00. The van der Waals surface area contributed by atoms with E-state index in [1.54, 1.807) is 11.3 Å². The number of rotatable bonds is 6. The van der Waals surface area contributed by atoms with Crippen LogP contribution in [0, 0.1) is 0 Å². The van der Waals surface area contributed by atoms with Gasteiger partial charge in [-0.25, -0.2) is 0 Å². The molecule has 2 N–H and O–H groups in total. The van der Waals surface area contributed by atoms with Crippen LogP contribution in [0.1, 0.15) is 23.0 Å². The number of carbonyl (C=O) groups is 1. The first kappa shape index (κ1) is 14.1. The Labute approximate surface area is 128 Å². The summed E-state index contributed by atoms with van der Waals surface area (Å²) in [7, 11) is 1.94. The van der Waals surface area contributed by atoms with Crippen molar-refractivity contribution in [1.82, 2.24) is 5.32 Å². The second-order valence-electron chi connectivity index (χ2n) is 5.02. The fourth-order valence-electron chi connectivity index (χ4n) is 2.49. The van der Waals surface area contributed by atoms with Gasteiger partial charge in [0.05, 0.1) is 6.42 Å². The molecule has 0 aliphatic carbocycles. The molecule has 3 rings (SSSR count). The molecule has 0 spiro atoms. The van der Waals surface area contributed by atoms with Crippen LogP contribution in [-0.4, -0.2) is 19.5 Å². The summed E-state index contributed by atoms with van der Waals surface area (Å²) >= 11 is 1.70. The third-order valence-electron chi connectivity index (χ3n) is 3.53. The van der Waals surface area contributed by atoms with Gasteiger partial charge in [-0.15, -0.1) is 11.3 Å². The second kappa shape index (κ2) is 6.28. The van der Waals surface area contributed by atoms with Crippen molar-refractivity contribution in [3.63, 3.8) is 0 Å². The zero-order valence-corrected chi connectivity index (χ0v) is 12.7. The average molecular weight is 302 g/mol. The minimum absolute atomic E-state index is 0.0136. The van der Waals surface area contributed by atoms with Crippen LogP contribution in [0.2, 0.25) is 0 Å². The summed E-state index contributed by atoms with van der Waals surface area (Å²) in [4.78, 5) is 12.8. The van der Waals surface area contributed by atoms with Gasteiger partial charge in [-0.2, -0.15) is 0 Å². The Balaban J connectivity index is 1.83. The predicted octanol–water partition coefficient (Wildman–Crippen LogP) is 2.97. The van der Waals surface area contributed by atoms with E-state index in [-0.39, 0.29) is 12.0 Å². The largest absolute Gasteiger partial charge is 0.484 e. The lowest BCUT2D eigenvalue weighted by Gasteiger charge is -2.19. The summed E-state index contributed by atoms with van der Waals surface area (Å²) < 4.78 is 6.23. The maximum atomic E-state index is 11.6. The highest BCUT2D eigenvalue weighted by molar-refractivity contribution is 7.10. The molecule has 1 aliphatic rings. The van der Waals surface area contributed by atoms with E-state index in [1.165, 1.54) is 4.88 Å². The number of hydrogen-bond donors (Lipinski definition) is 2. The predicted molar refractivity (Wildman–Crippen MR) is 85.0 cm³/mol. The quantitative estimate of drug-likeness (QED) is 0.862. The Kier molecular flexibility index (Phi) is 4.22. The number of nitrogens with one attached hydrogen (secondary N) is 2. The first-order valence-corrected chi connectivity index (χ1v) is 7.92. The molecule has 21 heavy (non-hydrogen) atoms. The van der Waals surface area contributed by atoms with Crippen LogP contribution in [0.25, 0.3) is 0 Å². The zero-order chi connectivity index (χ0) is 14.7. The van der Waals surface area contributed by atoms with Crippen LogP contribution in [0.5, 0.6) is 5.75 Å². The number of ether oxygens (including phenoxy) is 1. The number of fused-ring (bicyclic) bond motifs is 1. The molecule has 0 fully saturated rings. The van der Waals surface area contributed by atoms with E-state index in [1.807, 2.05) is 31.3 Å². The van der Waals surface area contributed by atoms with Crippen molar-refractivity contribution >= 4 is 22.9 Å². The molecule has 5 heteroatoms. The Morgan fingerprint density at radius 2 is 2.29 bits per heavy atom. The van der Waals surface area contributed by atoms with Gasteiger partial charge in [0.1, 0.15) is 11.9 Å². The van der Waals surface area contributed by atoms with E-state index >= 15 is 0 Å². The summed E-state index contributed by atoms with van der Waals surface area (Å²) in [6.45, 7) is 0.884. The number of amides is 1. The lowest BCUT2D eigenvalue weighted by Crippen LogP contribution is -2.16. The van der Waals surface area contributed by atoms with Gasteiger partial charge in [-0.05, 0) is 37.2 Å². The van der Waals surface area contributed by atoms with Crippen molar-refractivity contribution < 1.29 is 9.53 Å². The highest BCUT2D eigenvalue weighted by Crippen LogP contribution is 2.35. The number of carbonyl (C=O) groups excluding carboxylic acids is 1. The number of hydrogen-bond acceptors (Lipinski definition) is 4. The third kappa shape index (κ3) is 3.09. The molecule has 4 nitrogen and oxygen atoms in total. The van der Waals surface area contributed by atoms with Crippen LogP contribution in [-0.2, 0) is 11.2 Å².